The highest BCUT2D eigenvalue weighted by Gasteiger charge is 2.60. The minimum absolute atomic E-state index is 0.500. The quantitative estimate of drug-likeness (QED) is 0.326. The van der Waals surface area contributed by atoms with Crippen LogP contribution in [-0.4, -0.2) is 30.5 Å². The van der Waals surface area contributed by atoms with Crippen LogP contribution in [0.4, 0.5) is 0 Å². The van der Waals surface area contributed by atoms with Gasteiger partial charge in [-0.1, -0.05) is 96.3 Å². The molecule has 17 unspecified atom stereocenters. The maximum absolute atomic E-state index is 7.59. The molecule has 0 bridgehead atoms. The number of hydrogen-bond acceptors (Lipinski definition) is 3. The Balaban J connectivity index is 0.918. The zero-order valence-electron chi connectivity index (χ0n) is 29.5. The Morgan fingerprint density at radius 2 is 0.978 bits per heavy atom. The normalized spacial score (nSPS) is 55.7. The predicted octanol–water partition coefficient (Wildman–Crippen LogP) is 9.88. The van der Waals surface area contributed by atoms with E-state index in [2.05, 4.69) is 10.6 Å². The molecule has 0 aromatic heterocycles. The van der Waals surface area contributed by atoms with Crippen LogP contribution in [0.5, 0.6) is 0 Å². The summed E-state index contributed by atoms with van der Waals surface area (Å²) in [4.78, 5) is 0. The Labute approximate surface area is 282 Å². The molecule has 0 amide bonds. The fraction of sp³-hybridized carbons (Fsp3) is 1.00. The van der Waals surface area contributed by atoms with Gasteiger partial charge in [0.2, 0.25) is 0 Å². The van der Waals surface area contributed by atoms with Crippen molar-refractivity contribution in [2.24, 2.45) is 76.9 Å². The van der Waals surface area contributed by atoms with E-state index in [-0.39, 0.29) is 0 Å². The van der Waals surface area contributed by atoms with E-state index in [0.29, 0.717) is 24.3 Å². The van der Waals surface area contributed by atoms with Gasteiger partial charge in [-0.05, 0) is 135 Å². The lowest BCUT2D eigenvalue weighted by Gasteiger charge is -2.53. The molecule has 3 heteroatoms. The molecule has 17 atom stereocenters. The van der Waals surface area contributed by atoms with E-state index in [4.69, 9.17) is 4.74 Å². The second-order valence-electron chi connectivity index (χ2n) is 19.7. The third-order valence-corrected chi connectivity index (χ3v) is 18.0. The van der Waals surface area contributed by atoms with Gasteiger partial charge >= 0.3 is 0 Å². The van der Waals surface area contributed by atoms with Gasteiger partial charge in [0.1, 0.15) is 0 Å². The topological polar surface area (TPSA) is 33.3 Å². The monoisotopic (exact) mass is 631 g/mol. The van der Waals surface area contributed by atoms with Crippen LogP contribution in [0.2, 0.25) is 0 Å². The maximum atomic E-state index is 7.59. The van der Waals surface area contributed by atoms with Crippen LogP contribution in [0, 0.1) is 76.9 Å². The maximum Gasteiger partial charge on any atom is 0.0666 e. The SMILES string of the molecule is C1CCC(C2CC3OC4C(C5NC(C6CCC7CCCCC7C6)C6CC7CCCCC7C6N5)CCCC4C3C3CCCCC23)CC1. The van der Waals surface area contributed by atoms with Crippen LogP contribution in [0.1, 0.15) is 161 Å². The van der Waals surface area contributed by atoms with Gasteiger partial charge in [-0.3, -0.25) is 10.6 Å². The summed E-state index contributed by atoms with van der Waals surface area (Å²) in [7, 11) is 0. The first-order valence-electron chi connectivity index (χ1n) is 22.0. The molecule has 0 spiro atoms. The first-order chi connectivity index (χ1) is 22.8. The van der Waals surface area contributed by atoms with E-state index in [0.717, 1.165) is 83.1 Å². The average molecular weight is 631 g/mol. The van der Waals surface area contributed by atoms with Crippen molar-refractivity contribution < 1.29 is 4.74 Å². The Morgan fingerprint density at radius 3 is 1.85 bits per heavy atom. The zero-order valence-corrected chi connectivity index (χ0v) is 29.5. The zero-order chi connectivity index (χ0) is 30.2. The highest BCUT2D eigenvalue weighted by Crippen LogP contribution is 2.60. The summed E-state index contributed by atoms with van der Waals surface area (Å²) in [6, 6.07) is 1.56. The smallest absolute Gasteiger partial charge is 0.0666 e. The standard InChI is InChI=1S/C43H70N2O/c1-2-12-27(13-3-1)36-25-38-39(33-18-9-8-17-32(33)36)34-19-10-20-35(42(34)46-38)43-44-40(30-22-21-26-11-4-5-14-28(26)23-30)37-24-29-15-6-7-16-31(29)41(37)45-43/h26-45H,1-25H2. The average Bonchev–Trinajstić information content (AvgIpc) is 3.70. The molecule has 8 saturated carbocycles. The molecule has 2 heterocycles. The Bertz CT molecular complexity index is 1060. The minimum Gasteiger partial charge on any atom is -0.374 e. The highest BCUT2D eigenvalue weighted by molar-refractivity contribution is 5.11. The molecular weight excluding hydrogens is 560 g/mol. The molecule has 3 nitrogen and oxygen atoms in total. The minimum atomic E-state index is 0.500. The highest BCUT2D eigenvalue weighted by atomic mass is 16.5. The molecule has 2 N–H and O–H groups in total. The van der Waals surface area contributed by atoms with Crippen LogP contribution in [0.3, 0.4) is 0 Å². The Kier molecular flexibility index (Phi) is 8.60. The first-order valence-corrected chi connectivity index (χ1v) is 22.0. The summed E-state index contributed by atoms with van der Waals surface area (Å²) in [6.45, 7) is 0. The van der Waals surface area contributed by atoms with Gasteiger partial charge in [0, 0.05) is 18.0 Å². The molecular formula is C43H70N2O. The number of nitrogens with one attached hydrogen (secondary N) is 2. The van der Waals surface area contributed by atoms with Crippen LogP contribution < -0.4 is 10.6 Å². The molecule has 10 fully saturated rings. The summed E-state index contributed by atoms with van der Waals surface area (Å²) in [6.07, 6.45) is 39.4. The fourth-order valence-corrected chi connectivity index (χ4v) is 16.3. The van der Waals surface area contributed by atoms with E-state index in [1.54, 1.807) is 32.1 Å². The van der Waals surface area contributed by atoms with Crippen molar-refractivity contribution >= 4 is 0 Å². The lowest BCUT2D eigenvalue weighted by atomic mass is 9.53. The molecule has 0 radical (unpaired) electrons. The second-order valence-corrected chi connectivity index (χ2v) is 19.7. The molecule has 8 aliphatic carbocycles. The first kappa shape index (κ1) is 30.7. The molecule has 10 rings (SSSR count). The van der Waals surface area contributed by atoms with Crippen molar-refractivity contribution in [3.05, 3.63) is 0 Å². The van der Waals surface area contributed by atoms with E-state index >= 15 is 0 Å². The molecule has 0 aromatic carbocycles. The summed E-state index contributed by atoms with van der Waals surface area (Å²) in [5.74, 6) is 12.4. The Morgan fingerprint density at radius 1 is 0.348 bits per heavy atom. The van der Waals surface area contributed by atoms with Crippen LogP contribution in [-0.2, 0) is 4.74 Å². The van der Waals surface area contributed by atoms with Gasteiger partial charge in [-0.15, -0.1) is 0 Å². The molecule has 2 aliphatic heterocycles. The van der Waals surface area contributed by atoms with Crippen LogP contribution >= 0.6 is 0 Å². The predicted molar refractivity (Wildman–Crippen MR) is 187 cm³/mol. The summed E-state index contributed by atoms with van der Waals surface area (Å²) in [5, 5.41) is 9.12. The number of hydrogen-bond donors (Lipinski definition) is 2. The molecule has 10 aliphatic rings. The van der Waals surface area contributed by atoms with Crippen molar-refractivity contribution in [1.29, 1.82) is 0 Å². The largest absolute Gasteiger partial charge is 0.374 e. The number of fused-ring (bicyclic) bond motifs is 9. The lowest BCUT2D eigenvalue weighted by molar-refractivity contribution is -0.0821. The van der Waals surface area contributed by atoms with Gasteiger partial charge in [0.25, 0.3) is 0 Å². The van der Waals surface area contributed by atoms with Crippen molar-refractivity contribution in [1.82, 2.24) is 10.6 Å². The van der Waals surface area contributed by atoms with Gasteiger partial charge in [0.15, 0.2) is 0 Å². The van der Waals surface area contributed by atoms with Gasteiger partial charge in [-0.25, -0.2) is 0 Å². The fourth-order valence-electron chi connectivity index (χ4n) is 16.3. The van der Waals surface area contributed by atoms with Gasteiger partial charge < -0.3 is 4.74 Å². The van der Waals surface area contributed by atoms with E-state index in [1.807, 2.05) is 0 Å². The number of ether oxygens (including phenoxy) is 1. The molecule has 0 aromatic rings. The van der Waals surface area contributed by atoms with Crippen molar-refractivity contribution in [3.8, 4) is 0 Å². The van der Waals surface area contributed by atoms with Crippen LogP contribution in [0.25, 0.3) is 0 Å². The van der Waals surface area contributed by atoms with Crippen molar-refractivity contribution in [3.63, 3.8) is 0 Å². The molecule has 258 valence electrons. The summed E-state index contributed by atoms with van der Waals surface area (Å²) < 4.78 is 7.59. The lowest BCUT2D eigenvalue weighted by Crippen LogP contribution is -2.69. The van der Waals surface area contributed by atoms with Crippen molar-refractivity contribution in [2.75, 3.05) is 0 Å². The Hall–Kier alpha value is -0.120. The molecule has 2 saturated heterocycles. The summed E-state index contributed by atoms with van der Waals surface area (Å²) in [5.41, 5.74) is 0. The molecule has 46 heavy (non-hydrogen) atoms. The summed E-state index contributed by atoms with van der Waals surface area (Å²) >= 11 is 0. The second kappa shape index (κ2) is 12.9. The third kappa shape index (κ3) is 5.26. The van der Waals surface area contributed by atoms with Crippen LogP contribution in [0.15, 0.2) is 0 Å². The van der Waals surface area contributed by atoms with E-state index in [9.17, 15) is 0 Å². The number of rotatable bonds is 3. The van der Waals surface area contributed by atoms with Gasteiger partial charge in [0.05, 0.1) is 18.4 Å². The van der Waals surface area contributed by atoms with E-state index < -0.39 is 0 Å². The van der Waals surface area contributed by atoms with E-state index in [1.165, 1.54) is 128 Å². The van der Waals surface area contributed by atoms with Gasteiger partial charge in [-0.2, -0.15) is 0 Å². The third-order valence-electron chi connectivity index (χ3n) is 18.0. The van der Waals surface area contributed by atoms with Crippen molar-refractivity contribution in [2.45, 2.75) is 191 Å².